The van der Waals surface area contributed by atoms with Crippen molar-refractivity contribution in [3.63, 3.8) is 0 Å². The number of anilines is 2. The van der Waals surface area contributed by atoms with Gasteiger partial charge in [-0.2, -0.15) is 0 Å². The Kier molecular flexibility index (Phi) is 5.38. The second-order valence-electron chi connectivity index (χ2n) is 7.03. The first-order chi connectivity index (χ1) is 12.4. The standard InChI is InChI=1S/C21H25N3O2/c1-15-8-10-18(11-9-15)22-20(25)13-23(3)14-21(26)24-16(2)12-17-6-4-5-7-19(17)24/h4-11,16H,12-14H2,1-3H3,(H,22,25)/t16-/m1/s1. The molecular formula is C21H25N3O2. The molecule has 1 aliphatic rings. The van der Waals surface area contributed by atoms with Crippen LogP contribution in [0.1, 0.15) is 18.1 Å². The summed E-state index contributed by atoms with van der Waals surface area (Å²) in [4.78, 5) is 28.6. The number of carbonyl (C=O) groups is 2. The highest BCUT2D eigenvalue weighted by atomic mass is 16.2. The van der Waals surface area contributed by atoms with E-state index in [4.69, 9.17) is 0 Å². The van der Waals surface area contributed by atoms with Crippen molar-refractivity contribution in [2.45, 2.75) is 26.3 Å². The largest absolute Gasteiger partial charge is 0.325 e. The third-order valence-corrected chi connectivity index (χ3v) is 4.63. The Morgan fingerprint density at radius 2 is 1.81 bits per heavy atom. The van der Waals surface area contributed by atoms with Crippen molar-refractivity contribution in [2.75, 3.05) is 30.4 Å². The van der Waals surface area contributed by atoms with E-state index in [1.54, 1.807) is 11.9 Å². The Morgan fingerprint density at radius 3 is 2.54 bits per heavy atom. The molecule has 2 aromatic rings. The molecule has 1 N–H and O–H groups in total. The molecule has 2 amide bonds. The van der Waals surface area contributed by atoms with Crippen molar-refractivity contribution in [2.24, 2.45) is 0 Å². The molecule has 1 aliphatic heterocycles. The molecule has 0 spiro atoms. The summed E-state index contributed by atoms with van der Waals surface area (Å²) < 4.78 is 0. The van der Waals surface area contributed by atoms with Crippen LogP contribution in [-0.2, 0) is 16.0 Å². The SMILES string of the molecule is Cc1ccc(NC(=O)CN(C)CC(=O)N2c3ccccc3C[C@H]2C)cc1. The molecule has 0 bridgehead atoms. The van der Waals surface area contributed by atoms with Gasteiger partial charge in [-0.1, -0.05) is 35.9 Å². The van der Waals surface area contributed by atoms with Gasteiger partial charge >= 0.3 is 0 Å². The topological polar surface area (TPSA) is 52.7 Å². The van der Waals surface area contributed by atoms with Gasteiger partial charge in [-0.05, 0) is 51.1 Å². The predicted octanol–water partition coefficient (Wildman–Crippen LogP) is 2.84. The normalized spacial score (nSPS) is 15.8. The zero-order chi connectivity index (χ0) is 18.7. The van der Waals surface area contributed by atoms with Crippen LogP contribution in [0.25, 0.3) is 0 Å². The predicted molar refractivity (Wildman–Crippen MR) is 104 cm³/mol. The zero-order valence-electron chi connectivity index (χ0n) is 15.5. The van der Waals surface area contributed by atoms with E-state index >= 15 is 0 Å². The molecule has 5 nitrogen and oxygen atoms in total. The number of nitrogens with one attached hydrogen (secondary N) is 1. The first kappa shape index (κ1) is 18.1. The van der Waals surface area contributed by atoms with Crippen LogP contribution in [0, 0.1) is 6.92 Å². The van der Waals surface area contributed by atoms with Crippen molar-refractivity contribution in [3.8, 4) is 0 Å². The molecular weight excluding hydrogens is 326 g/mol. The van der Waals surface area contributed by atoms with E-state index in [2.05, 4.69) is 18.3 Å². The Morgan fingerprint density at radius 1 is 1.12 bits per heavy atom. The summed E-state index contributed by atoms with van der Waals surface area (Å²) in [6.45, 7) is 4.44. The third-order valence-electron chi connectivity index (χ3n) is 4.63. The van der Waals surface area contributed by atoms with Crippen molar-refractivity contribution < 1.29 is 9.59 Å². The molecule has 0 aliphatic carbocycles. The average molecular weight is 351 g/mol. The number of fused-ring (bicyclic) bond motifs is 1. The van der Waals surface area contributed by atoms with E-state index in [0.717, 1.165) is 23.4 Å². The zero-order valence-corrected chi connectivity index (χ0v) is 15.5. The molecule has 5 heteroatoms. The Labute approximate surface area is 154 Å². The first-order valence-electron chi connectivity index (χ1n) is 8.89. The highest BCUT2D eigenvalue weighted by molar-refractivity contribution is 5.98. The second-order valence-corrected chi connectivity index (χ2v) is 7.03. The average Bonchev–Trinajstić information content (AvgIpc) is 2.92. The highest BCUT2D eigenvalue weighted by Crippen LogP contribution is 2.31. The summed E-state index contributed by atoms with van der Waals surface area (Å²) in [6.07, 6.45) is 0.875. The maximum atomic E-state index is 12.8. The van der Waals surface area contributed by atoms with Gasteiger partial charge < -0.3 is 10.2 Å². The molecule has 136 valence electrons. The first-order valence-corrected chi connectivity index (χ1v) is 8.89. The number of aryl methyl sites for hydroxylation is 1. The van der Waals surface area contributed by atoms with Crippen LogP contribution in [0.5, 0.6) is 0 Å². The Bertz CT molecular complexity index is 801. The van der Waals surface area contributed by atoms with E-state index < -0.39 is 0 Å². The molecule has 0 saturated carbocycles. The van der Waals surface area contributed by atoms with Crippen LogP contribution in [0.2, 0.25) is 0 Å². The van der Waals surface area contributed by atoms with E-state index in [-0.39, 0.29) is 30.9 Å². The fourth-order valence-electron chi connectivity index (χ4n) is 3.39. The maximum absolute atomic E-state index is 12.8. The molecule has 1 heterocycles. The molecule has 0 radical (unpaired) electrons. The van der Waals surface area contributed by atoms with Gasteiger partial charge in [-0.25, -0.2) is 0 Å². The number of amides is 2. The van der Waals surface area contributed by atoms with Crippen LogP contribution in [0.3, 0.4) is 0 Å². The lowest BCUT2D eigenvalue weighted by molar-refractivity contribution is -0.121. The fourth-order valence-corrected chi connectivity index (χ4v) is 3.39. The molecule has 0 fully saturated rings. The highest BCUT2D eigenvalue weighted by Gasteiger charge is 2.30. The number of hydrogen-bond acceptors (Lipinski definition) is 3. The van der Waals surface area contributed by atoms with Crippen molar-refractivity contribution >= 4 is 23.2 Å². The number of rotatable bonds is 5. The summed E-state index contributed by atoms with van der Waals surface area (Å²) in [5.74, 6) is -0.105. The lowest BCUT2D eigenvalue weighted by Gasteiger charge is -2.25. The van der Waals surface area contributed by atoms with E-state index in [1.165, 1.54) is 5.56 Å². The number of para-hydroxylation sites is 1. The smallest absolute Gasteiger partial charge is 0.241 e. The molecule has 2 aromatic carbocycles. The van der Waals surface area contributed by atoms with Gasteiger partial charge in [0.25, 0.3) is 0 Å². The van der Waals surface area contributed by atoms with Gasteiger partial charge in [-0.15, -0.1) is 0 Å². The maximum Gasteiger partial charge on any atom is 0.241 e. The third kappa shape index (κ3) is 4.11. The van der Waals surface area contributed by atoms with Crippen LogP contribution in [0.4, 0.5) is 11.4 Å². The van der Waals surface area contributed by atoms with Gasteiger partial charge in [0.2, 0.25) is 11.8 Å². The minimum absolute atomic E-state index is 0.0214. The monoisotopic (exact) mass is 351 g/mol. The minimum Gasteiger partial charge on any atom is -0.325 e. The summed E-state index contributed by atoms with van der Waals surface area (Å²) in [6, 6.07) is 15.8. The molecule has 0 aromatic heterocycles. The summed E-state index contributed by atoms with van der Waals surface area (Å²) in [5, 5.41) is 2.86. The van der Waals surface area contributed by atoms with Gasteiger partial charge in [0.1, 0.15) is 0 Å². The molecule has 1 atom stereocenters. The number of carbonyl (C=O) groups excluding carboxylic acids is 2. The molecule has 0 unspecified atom stereocenters. The van der Waals surface area contributed by atoms with E-state index in [1.807, 2.05) is 54.3 Å². The van der Waals surface area contributed by atoms with Gasteiger partial charge in [0.15, 0.2) is 0 Å². The quantitative estimate of drug-likeness (QED) is 0.901. The summed E-state index contributed by atoms with van der Waals surface area (Å²) >= 11 is 0. The Hall–Kier alpha value is -2.66. The lowest BCUT2D eigenvalue weighted by atomic mass is 10.1. The molecule has 3 rings (SSSR count). The molecule has 26 heavy (non-hydrogen) atoms. The number of likely N-dealkylation sites (N-methyl/N-ethyl adjacent to an activating group) is 1. The van der Waals surface area contributed by atoms with Gasteiger partial charge in [0.05, 0.1) is 13.1 Å². The van der Waals surface area contributed by atoms with Crippen LogP contribution < -0.4 is 10.2 Å². The molecule has 0 saturated heterocycles. The van der Waals surface area contributed by atoms with Crippen molar-refractivity contribution in [1.82, 2.24) is 4.90 Å². The number of hydrogen-bond donors (Lipinski definition) is 1. The van der Waals surface area contributed by atoms with Crippen LogP contribution in [-0.4, -0.2) is 42.9 Å². The van der Waals surface area contributed by atoms with Crippen molar-refractivity contribution in [1.29, 1.82) is 0 Å². The summed E-state index contributed by atoms with van der Waals surface area (Å²) in [7, 11) is 1.79. The van der Waals surface area contributed by atoms with Crippen LogP contribution >= 0.6 is 0 Å². The van der Waals surface area contributed by atoms with Crippen molar-refractivity contribution in [3.05, 3.63) is 59.7 Å². The van der Waals surface area contributed by atoms with E-state index in [0.29, 0.717) is 0 Å². The number of nitrogens with zero attached hydrogens (tertiary/aromatic N) is 2. The lowest BCUT2D eigenvalue weighted by Crippen LogP contribution is -2.43. The minimum atomic E-state index is -0.126. The Balaban J connectivity index is 1.56. The van der Waals surface area contributed by atoms with Gasteiger partial charge in [0, 0.05) is 17.4 Å². The number of benzene rings is 2. The van der Waals surface area contributed by atoms with Crippen LogP contribution in [0.15, 0.2) is 48.5 Å². The summed E-state index contributed by atoms with van der Waals surface area (Å²) in [5.41, 5.74) is 4.10. The van der Waals surface area contributed by atoms with E-state index in [9.17, 15) is 9.59 Å². The van der Waals surface area contributed by atoms with Gasteiger partial charge in [-0.3, -0.25) is 14.5 Å². The second kappa shape index (κ2) is 7.70. The fraction of sp³-hybridized carbons (Fsp3) is 0.333.